The highest BCUT2D eigenvalue weighted by Crippen LogP contribution is 2.18. The summed E-state index contributed by atoms with van der Waals surface area (Å²) in [5.74, 6) is -0.652. The van der Waals surface area contributed by atoms with E-state index in [2.05, 4.69) is 25.7 Å². The summed E-state index contributed by atoms with van der Waals surface area (Å²) in [6, 6.07) is 3.45. The molecule has 0 aromatic heterocycles. The normalized spacial score (nSPS) is 15.2. The van der Waals surface area contributed by atoms with Gasteiger partial charge < -0.3 is 10.6 Å². The molecule has 4 heteroatoms. The van der Waals surface area contributed by atoms with E-state index in [1.165, 1.54) is 12.1 Å². The first-order chi connectivity index (χ1) is 8.32. The van der Waals surface area contributed by atoms with E-state index < -0.39 is 17.7 Å². The average Bonchev–Trinajstić information content (AvgIpc) is 2.27. The molecule has 0 aliphatic carbocycles. The minimum absolute atomic E-state index is 0.360. The maximum atomic E-state index is 13.6. The Morgan fingerprint density at radius 2 is 1.83 bits per heavy atom. The zero-order valence-corrected chi connectivity index (χ0v) is 11.5. The fourth-order valence-corrected chi connectivity index (χ4v) is 1.89. The molecule has 2 N–H and O–H groups in total. The molecule has 0 aliphatic heterocycles. The number of nitrogens with two attached hydrogens (primary N) is 1. The standard InChI is InChI=1S/C14H22F2N2/c1-9(2)10(3)18(4)8-14(17)12-6-5-11(15)7-13(12)16/h5-7,9-10,14H,8,17H2,1-4H3. The summed E-state index contributed by atoms with van der Waals surface area (Å²) in [6.07, 6.45) is 0. The molecule has 0 saturated heterocycles. The molecule has 18 heavy (non-hydrogen) atoms. The number of nitrogens with zero attached hydrogens (tertiary/aromatic N) is 1. The van der Waals surface area contributed by atoms with Crippen molar-refractivity contribution in [3.63, 3.8) is 0 Å². The van der Waals surface area contributed by atoms with Gasteiger partial charge in [0.05, 0.1) is 0 Å². The van der Waals surface area contributed by atoms with Crippen molar-refractivity contribution in [3.8, 4) is 0 Å². The van der Waals surface area contributed by atoms with Gasteiger partial charge in [0.2, 0.25) is 0 Å². The zero-order valence-electron chi connectivity index (χ0n) is 11.5. The third kappa shape index (κ3) is 3.75. The van der Waals surface area contributed by atoms with Crippen LogP contribution in [0.15, 0.2) is 18.2 Å². The third-order valence-corrected chi connectivity index (χ3v) is 3.51. The molecule has 0 spiro atoms. The highest BCUT2D eigenvalue weighted by Gasteiger charge is 2.18. The number of hydrogen-bond donors (Lipinski definition) is 1. The van der Waals surface area contributed by atoms with Crippen molar-refractivity contribution in [3.05, 3.63) is 35.4 Å². The van der Waals surface area contributed by atoms with Crippen LogP contribution in [0.3, 0.4) is 0 Å². The van der Waals surface area contributed by atoms with E-state index in [4.69, 9.17) is 5.73 Å². The largest absolute Gasteiger partial charge is 0.323 e. The fourth-order valence-electron chi connectivity index (χ4n) is 1.89. The summed E-state index contributed by atoms with van der Waals surface area (Å²) >= 11 is 0. The molecule has 0 aliphatic rings. The van der Waals surface area contributed by atoms with E-state index in [1.807, 2.05) is 7.05 Å². The first-order valence-corrected chi connectivity index (χ1v) is 6.23. The van der Waals surface area contributed by atoms with Crippen LogP contribution in [0.2, 0.25) is 0 Å². The molecular weight excluding hydrogens is 234 g/mol. The number of benzene rings is 1. The van der Waals surface area contributed by atoms with E-state index in [0.29, 0.717) is 24.1 Å². The van der Waals surface area contributed by atoms with Crippen LogP contribution >= 0.6 is 0 Å². The molecule has 0 saturated carbocycles. The van der Waals surface area contributed by atoms with Gasteiger partial charge in [-0.1, -0.05) is 19.9 Å². The molecule has 0 heterocycles. The number of hydrogen-bond acceptors (Lipinski definition) is 2. The summed E-state index contributed by atoms with van der Waals surface area (Å²) < 4.78 is 26.4. The van der Waals surface area contributed by atoms with Gasteiger partial charge in [-0.2, -0.15) is 0 Å². The Bertz CT molecular complexity index is 393. The summed E-state index contributed by atoms with van der Waals surface area (Å²) in [7, 11) is 1.96. The Morgan fingerprint density at radius 3 is 2.33 bits per heavy atom. The van der Waals surface area contributed by atoms with Crippen molar-refractivity contribution < 1.29 is 8.78 Å². The highest BCUT2D eigenvalue weighted by molar-refractivity contribution is 5.22. The molecule has 0 amide bonds. The molecule has 0 fully saturated rings. The SMILES string of the molecule is CC(C)C(C)N(C)CC(N)c1ccc(F)cc1F. The van der Waals surface area contributed by atoms with Crippen molar-refractivity contribution in [2.24, 2.45) is 11.7 Å². The number of likely N-dealkylation sites (N-methyl/N-ethyl adjacent to an activating group) is 1. The monoisotopic (exact) mass is 256 g/mol. The van der Waals surface area contributed by atoms with Crippen molar-refractivity contribution in [2.75, 3.05) is 13.6 Å². The van der Waals surface area contributed by atoms with Gasteiger partial charge in [-0.05, 0) is 26.0 Å². The van der Waals surface area contributed by atoms with Crippen LogP contribution in [0.5, 0.6) is 0 Å². The predicted molar refractivity (Wildman–Crippen MR) is 70.2 cm³/mol. The van der Waals surface area contributed by atoms with Gasteiger partial charge in [0.15, 0.2) is 0 Å². The lowest BCUT2D eigenvalue weighted by atomic mass is 10.0. The van der Waals surface area contributed by atoms with Crippen molar-refractivity contribution in [1.29, 1.82) is 0 Å². The zero-order chi connectivity index (χ0) is 13.9. The smallest absolute Gasteiger partial charge is 0.130 e. The van der Waals surface area contributed by atoms with Gasteiger partial charge in [-0.15, -0.1) is 0 Å². The lowest BCUT2D eigenvalue weighted by molar-refractivity contribution is 0.196. The van der Waals surface area contributed by atoms with Crippen LogP contribution in [0.4, 0.5) is 8.78 Å². The first-order valence-electron chi connectivity index (χ1n) is 6.23. The molecule has 1 aromatic rings. The van der Waals surface area contributed by atoms with Crippen LogP contribution in [0.1, 0.15) is 32.4 Å². The Kier molecular flexibility index (Phi) is 5.23. The van der Waals surface area contributed by atoms with E-state index >= 15 is 0 Å². The fraction of sp³-hybridized carbons (Fsp3) is 0.571. The van der Waals surface area contributed by atoms with Gasteiger partial charge in [-0.25, -0.2) is 8.78 Å². The number of rotatable bonds is 5. The molecular formula is C14H22F2N2. The maximum Gasteiger partial charge on any atom is 0.130 e. The van der Waals surface area contributed by atoms with Gasteiger partial charge in [0, 0.05) is 30.3 Å². The van der Waals surface area contributed by atoms with Gasteiger partial charge in [0.1, 0.15) is 11.6 Å². The van der Waals surface area contributed by atoms with Crippen molar-refractivity contribution in [1.82, 2.24) is 4.90 Å². The molecule has 0 bridgehead atoms. The molecule has 2 atom stereocenters. The summed E-state index contributed by atoms with van der Waals surface area (Å²) in [6.45, 7) is 6.91. The first kappa shape index (κ1) is 15.1. The second-order valence-corrected chi connectivity index (χ2v) is 5.20. The maximum absolute atomic E-state index is 13.6. The highest BCUT2D eigenvalue weighted by atomic mass is 19.1. The van der Waals surface area contributed by atoms with Gasteiger partial charge in [-0.3, -0.25) is 0 Å². The van der Waals surface area contributed by atoms with Crippen LogP contribution < -0.4 is 5.73 Å². The van der Waals surface area contributed by atoms with Gasteiger partial charge >= 0.3 is 0 Å². The van der Waals surface area contributed by atoms with E-state index in [9.17, 15) is 8.78 Å². The van der Waals surface area contributed by atoms with E-state index in [0.717, 1.165) is 6.07 Å². The van der Waals surface area contributed by atoms with Crippen LogP contribution in [0, 0.1) is 17.6 Å². The molecule has 2 nitrogen and oxygen atoms in total. The Balaban J connectivity index is 2.73. The lowest BCUT2D eigenvalue weighted by Gasteiger charge is -2.30. The molecule has 0 radical (unpaired) electrons. The lowest BCUT2D eigenvalue weighted by Crippen LogP contribution is -2.38. The summed E-state index contributed by atoms with van der Waals surface area (Å²) in [5.41, 5.74) is 6.34. The molecule has 102 valence electrons. The van der Waals surface area contributed by atoms with E-state index in [1.54, 1.807) is 0 Å². The number of halogens is 2. The second-order valence-electron chi connectivity index (χ2n) is 5.20. The minimum atomic E-state index is -0.577. The Hall–Kier alpha value is -1.00. The Labute approximate surface area is 108 Å². The predicted octanol–water partition coefficient (Wildman–Crippen LogP) is 2.94. The minimum Gasteiger partial charge on any atom is -0.323 e. The quantitative estimate of drug-likeness (QED) is 0.877. The van der Waals surface area contributed by atoms with Crippen LogP contribution in [-0.4, -0.2) is 24.5 Å². The topological polar surface area (TPSA) is 29.3 Å². The van der Waals surface area contributed by atoms with E-state index in [-0.39, 0.29) is 0 Å². The summed E-state index contributed by atoms with van der Waals surface area (Å²) in [4.78, 5) is 2.10. The van der Waals surface area contributed by atoms with Crippen LogP contribution in [0.25, 0.3) is 0 Å². The second kappa shape index (κ2) is 6.25. The molecule has 1 aromatic carbocycles. The van der Waals surface area contributed by atoms with Crippen LogP contribution in [-0.2, 0) is 0 Å². The summed E-state index contributed by atoms with van der Waals surface area (Å²) in [5, 5.41) is 0. The van der Waals surface area contributed by atoms with Crippen molar-refractivity contribution >= 4 is 0 Å². The molecule has 1 rings (SSSR count). The average molecular weight is 256 g/mol. The third-order valence-electron chi connectivity index (χ3n) is 3.51. The molecule has 2 unspecified atom stereocenters. The van der Waals surface area contributed by atoms with Crippen molar-refractivity contribution in [2.45, 2.75) is 32.9 Å². The Morgan fingerprint density at radius 1 is 1.22 bits per heavy atom. The van der Waals surface area contributed by atoms with Gasteiger partial charge in [0.25, 0.3) is 0 Å².